The maximum Gasteiger partial charge on any atom is 0.333 e. The highest BCUT2D eigenvalue weighted by atomic mass is 16.5. The standard InChI is InChI=1S/C18H26O3/c1-16(2)18(19)21-15-11-6-4-3-5-10-14-20-17-12-8-7-9-13-17/h7-9,12-13H,1,3-6,10-11,14-15H2,2H3. The van der Waals surface area contributed by atoms with E-state index in [1.807, 2.05) is 30.3 Å². The van der Waals surface area contributed by atoms with Crippen molar-refractivity contribution in [2.75, 3.05) is 13.2 Å². The van der Waals surface area contributed by atoms with Crippen LogP contribution in [0.2, 0.25) is 0 Å². The molecule has 0 fully saturated rings. The van der Waals surface area contributed by atoms with E-state index >= 15 is 0 Å². The van der Waals surface area contributed by atoms with Crippen LogP contribution in [-0.2, 0) is 9.53 Å². The van der Waals surface area contributed by atoms with Gasteiger partial charge in [-0.2, -0.15) is 0 Å². The third-order valence-corrected chi connectivity index (χ3v) is 3.13. The van der Waals surface area contributed by atoms with Crippen LogP contribution in [-0.4, -0.2) is 19.2 Å². The van der Waals surface area contributed by atoms with Gasteiger partial charge in [-0.25, -0.2) is 4.79 Å². The van der Waals surface area contributed by atoms with Crippen LogP contribution in [0.1, 0.15) is 45.4 Å². The minimum atomic E-state index is -0.284. The highest BCUT2D eigenvalue weighted by molar-refractivity contribution is 5.86. The van der Waals surface area contributed by atoms with Gasteiger partial charge in [0.15, 0.2) is 0 Å². The lowest BCUT2D eigenvalue weighted by Crippen LogP contribution is -2.06. The van der Waals surface area contributed by atoms with Gasteiger partial charge >= 0.3 is 5.97 Å². The molecule has 0 saturated heterocycles. The summed E-state index contributed by atoms with van der Waals surface area (Å²) in [5.74, 6) is 0.657. The van der Waals surface area contributed by atoms with Crippen molar-refractivity contribution in [1.29, 1.82) is 0 Å². The third kappa shape index (κ3) is 8.90. The van der Waals surface area contributed by atoms with E-state index in [0.29, 0.717) is 12.2 Å². The van der Waals surface area contributed by atoms with Crippen molar-refractivity contribution in [1.82, 2.24) is 0 Å². The van der Waals surface area contributed by atoms with Crippen molar-refractivity contribution in [2.24, 2.45) is 0 Å². The summed E-state index contributed by atoms with van der Waals surface area (Å²) in [4.78, 5) is 11.1. The maximum atomic E-state index is 11.1. The summed E-state index contributed by atoms with van der Waals surface area (Å²) < 4.78 is 10.7. The van der Waals surface area contributed by atoms with E-state index in [0.717, 1.165) is 31.6 Å². The average Bonchev–Trinajstić information content (AvgIpc) is 2.49. The summed E-state index contributed by atoms with van der Waals surface area (Å²) in [7, 11) is 0. The average molecular weight is 290 g/mol. The van der Waals surface area contributed by atoms with E-state index in [2.05, 4.69) is 6.58 Å². The minimum Gasteiger partial charge on any atom is -0.494 e. The SMILES string of the molecule is C=C(C)C(=O)OCCCCCCCCOc1ccccc1. The van der Waals surface area contributed by atoms with Gasteiger partial charge in [-0.1, -0.05) is 50.5 Å². The summed E-state index contributed by atoms with van der Waals surface area (Å²) in [6.45, 7) is 6.49. The van der Waals surface area contributed by atoms with E-state index in [9.17, 15) is 4.79 Å². The molecule has 21 heavy (non-hydrogen) atoms. The number of benzene rings is 1. The van der Waals surface area contributed by atoms with E-state index in [1.165, 1.54) is 19.3 Å². The quantitative estimate of drug-likeness (QED) is 0.341. The Labute approximate surface area is 128 Å². The predicted molar refractivity (Wildman–Crippen MR) is 85.4 cm³/mol. The molecule has 116 valence electrons. The maximum absolute atomic E-state index is 11.1. The summed E-state index contributed by atoms with van der Waals surface area (Å²) in [6.07, 6.45) is 6.67. The first-order chi connectivity index (χ1) is 10.2. The smallest absolute Gasteiger partial charge is 0.333 e. The topological polar surface area (TPSA) is 35.5 Å². The monoisotopic (exact) mass is 290 g/mol. The molecule has 0 bridgehead atoms. The number of para-hydroxylation sites is 1. The van der Waals surface area contributed by atoms with Gasteiger partial charge in [0.2, 0.25) is 0 Å². The van der Waals surface area contributed by atoms with Crippen LogP contribution in [0, 0.1) is 0 Å². The molecule has 0 radical (unpaired) electrons. The van der Waals surface area contributed by atoms with Crippen LogP contribution < -0.4 is 4.74 Å². The van der Waals surface area contributed by atoms with Crippen LogP contribution in [0.25, 0.3) is 0 Å². The number of hydrogen-bond donors (Lipinski definition) is 0. The van der Waals surface area contributed by atoms with Crippen molar-refractivity contribution >= 4 is 5.97 Å². The van der Waals surface area contributed by atoms with E-state index in [-0.39, 0.29) is 5.97 Å². The number of esters is 1. The van der Waals surface area contributed by atoms with Gasteiger partial charge in [0.05, 0.1) is 13.2 Å². The molecule has 1 aromatic rings. The molecule has 0 amide bonds. The second kappa shape index (κ2) is 11.0. The fourth-order valence-corrected chi connectivity index (χ4v) is 1.91. The Hall–Kier alpha value is -1.77. The predicted octanol–water partition coefficient (Wildman–Crippen LogP) is 4.53. The molecule has 0 spiro atoms. The van der Waals surface area contributed by atoms with Crippen LogP contribution in [0.15, 0.2) is 42.5 Å². The first-order valence-electron chi connectivity index (χ1n) is 7.70. The number of rotatable bonds is 11. The normalized spacial score (nSPS) is 10.1. The molecule has 0 saturated carbocycles. The van der Waals surface area contributed by atoms with Crippen LogP contribution in [0.4, 0.5) is 0 Å². The van der Waals surface area contributed by atoms with Gasteiger partial charge in [0.25, 0.3) is 0 Å². The van der Waals surface area contributed by atoms with E-state index in [1.54, 1.807) is 6.92 Å². The fourth-order valence-electron chi connectivity index (χ4n) is 1.91. The molecule has 0 atom stereocenters. The Morgan fingerprint density at radius 1 is 0.952 bits per heavy atom. The van der Waals surface area contributed by atoms with Crippen LogP contribution in [0.3, 0.4) is 0 Å². The Bertz CT molecular complexity index is 412. The molecular formula is C18H26O3. The zero-order valence-electron chi connectivity index (χ0n) is 13.0. The summed E-state index contributed by atoms with van der Waals surface area (Å²) in [5.41, 5.74) is 0.466. The summed E-state index contributed by atoms with van der Waals surface area (Å²) in [5, 5.41) is 0. The molecule has 0 N–H and O–H groups in total. The van der Waals surface area contributed by atoms with Crippen molar-refractivity contribution in [3.63, 3.8) is 0 Å². The van der Waals surface area contributed by atoms with Gasteiger partial charge in [-0.05, 0) is 31.9 Å². The van der Waals surface area contributed by atoms with Crippen LogP contribution >= 0.6 is 0 Å². The van der Waals surface area contributed by atoms with Gasteiger partial charge in [0.1, 0.15) is 5.75 Å². The van der Waals surface area contributed by atoms with Crippen molar-refractivity contribution in [2.45, 2.75) is 45.4 Å². The zero-order valence-corrected chi connectivity index (χ0v) is 13.0. The number of carbonyl (C=O) groups is 1. The first-order valence-corrected chi connectivity index (χ1v) is 7.70. The third-order valence-electron chi connectivity index (χ3n) is 3.13. The lowest BCUT2D eigenvalue weighted by molar-refractivity contribution is -0.139. The molecular weight excluding hydrogens is 264 g/mol. The molecule has 0 aliphatic rings. The van der Waals surface area contributed by atoms with Gasteiger partial charge in [-0.3, -0.25) is 0 Å². The summed E-state index contributed by atoms with van der Waals surface area (Å²) in [6, 6.07) is 9.91. The van der Waals surface area contributed by atoms with Gasteiger partial charge in [-0.15, -0.1) is 0 Å². The van der Waals surface area contributed by atoms with Gasteiger partial charge < -0.3 is 9.47 Å². The number of unbranched alkanes of at least 4 members (excludes halogenated alkanes) is 5. The Balaban J connectivity index is 1.85. The highest BCUT2D eigenvalue weighted by Gasteiger charge is 2.01. The fraction of sp³-hybridized carbons (Fsp3) is 0.500. The Kier molecular flexibility index (Phi) is 9.01. The Morgan fingerprint density at radius 2 is 1.52 bits per heavy atom. The van der Waals surface area contributed by atoms with Crippen LogP contribution in [0.5, 0.6) is 5.75 Å². The van der Waals surface area contributed by atoms with Crippen molar-refractivity contribution < 1.29 is 14.3 Å². The number of hydrogen-bond acceptors (Lipinski definition) is 3. The number of ether oxygens (including phenoxy) is 2. The zero-order chi connectivity index (χ0) is 15.3. The molecule has 3 nitrogen and oxygen atoms in total. The molecule has 0 heterocycles. The van der Waals surface area contributed by atoms with Crippen molar-refractivity contribution in [3.8, 4) is 5.75 Å². The largest absolute Gasteiger partial charge is 0.494 e. The lowest BCUT2D eigenvalue weighted by atomic mass is 10.1. The molecule has 0 unspecified atom stereocenters. The second-order valence-electron chi connectivity index (χ2n) is 5.20. The number of carbonyl (C=O) groups excluding carboxylic acids is 1. The van der Waals surface area contributed by atoms with Gasteiger partial charge in [0, 0.05) is 5.57 Å². The second-order valence-corrected chi connectivity index (χ2v) is 5.20. The van der Waals surface area contributed by atoms with E-state index < -0.39 is 0 Å². The lowest BCUT2D eigenvalue weighted by Gasteiger charge is -2.06. The first kappa shape index (κ1) is 17.3. The van der Waals surface area contributed by atoms with E-state index in [4.69, 9.17) is 9.47 Å². The summed E-state index contributed by atoms with van der Waals surface area (Å²) >= 11 is 0. The molecule has 1 aromatic carbocycles. The highest BCUT2D eigenvalue weighted by Crippen LogP contribution is 2.10. The molecule has 1 rings (SSSR count). The molecule has 0 aliphatic carbocycles. The molecule has 0 aliphatic heterocycles. The Morgan fingerprint density at radius 3 is 2.14 bits per heavy atom. The molecule has 3 heteroatoms. The van der Waals surface area contributed by atoms with Crippen molar-refractivity contribution in [3.05, 3.63) is 42.5 Å². The minimum absolute atomic E-state index is 0.284. The molecule has 0 aromatic heterocycles.